The number of benzene rings is 1. The zero-order chi connectivity index (χ0) is 17.5. The highest BCUT2D eigenvalue weighted by Crippen LogP contribution is 2.22. The number of aliphatic imine (C=N–C) groups is 1. The van der Waals surface area contributed by atoms with Gasteiger partial charge in [-0.05, 0) is 19.9 Å². The van der Waals surface area contributed by atoms with Crippen molar-refractivity contribution in [2.45, 2.75) is 33.5 Å². The largest absolute Gasteiger partial charge is 0.434 e. The number of aryl methyl sites for hydroxylation is 2. The van der Waals surface area contributed by atoms with Crippen molar-refractivity contribution in [3.63, 3.8) is 0 Å². The Morgan fingerprint density at radius 2 is 2.04 bits per heavy atom. The second-order valence-corrected chi connectivity index (χ2v) is 6.07. The third-order valence-corrected chi connectivity index (χ3v) is 4.30. The van der Waals surface area contributed by atoms with Crippen LogP contribution in [-0.2, 0) is 13.1 Å². The molecule has 2 N–H and O–H groups in total. The highest BCUT2D eigenvalue weighted by Gasteiger charge is 2.11. The Kier molecular flexibility index (Phi) is 6.48. The summed E-state index contributed by atoms with van der Waals surface area (Å²) in [6, 6.07) is 5.10. The quantitative estimate of drug-likeness (QED) is 0.618. The molecule has 0 saturated heterocycles. The molecule has 0 bridgehead atoms. The van der Waals surface area contributed by atoms with Gasteiger partial charge in [0.05, 0.1) is 17.7 Å². The van der Waals surface area contributed by atoms with Gasteiger partial charge in [0.25, 0.3) is 0 Å². The molecule has 5 nitrogen and oxygen atoms in total. The van der Waals surface area contributed by atoms with E-state index in [0.29, 0.717) is 24.6 Å². The average molecular weight is 354 g/mol. The first-order chi connectivity index (χ1) is 11.5. The lowest BCUT2D eigenvalue weighted by atomic mass is 10.1. The molecule has 0 saturated carbocycles. The minimum absolute atomic E-state index is 0.164. The van der Waals surface area contributed by atoms with Crippen LogP contribution in [-0.4, -0.2) is 24.6 Å². The first-order valence-electron chi connectivity index (χ1n) is 7.37. The van der Waals surface area contributed by atoms with E-state index in [2.05, 4.69) is 25.3 Å². The van der Waals surface area contributed by atoms with Crippen molar-refractivity contribution >= 4 is 17.3 Å². The third kappa shape index (κ3) is 5.16. The van der Waals surface area contributed by atoms with E-state index in [9.17, 15) is 8.78 Å². The topological polar surface area (TPSA) is 58.5 Å². The van der Waals surface area contributed by atoms with Crippen molar-refractivity contribution < 1.29 is 13.5 Å². The van der Waals surface area contributed by atoms with Gasteiger partial charge in [0.15, 0.2) is 5.96 Å². The number of nitrogens with one attached hydrogen (secondary N) is 2. The van der Waals surface area contributed by atoms with Crippen LogP contribution < -0.4 is 15.4 Å². The lowest BCUT2D eigenvalue weighted by Crippen LogP contribution is -2.36. The first-order valence-corrected chi connectivity index (χ1v) is 8.25. The molecular weight excluding hydrogens is 334 g/mol. The Morgan fingerprint density at radius 1 is 1.29 bits per heavy atom. The molecule has 0 amide bonds. The number of thiazole rings is 1. The highest BCUT2D eigenvalue weighted by atomic mass is 32.1. The molecule has 2 aromatic rings. The van der Waals surface area contributed by atoms with Crippen LogP contribution in [0.5, 0.6) is 5.75 Å². The SMILES string of the molecule is CN=C(NCc1cc(C)ccc1OC(F)F)NCc1scnc1C. The molecule has 8 heteroatoms. The van der Waals surface area contributed by atoms with Crippen LogP contribution in [0.2, 0.25) is 0 Å². The van der Waals surface area contributed by atoms with Crippen molar-refractivity contribution in [3.8, 4) is 5.75 Å². The first kappa shape index (κ1) is 18.1. The Bertz CT molecular complexity index is 703. The summed E-state index contributed by atoms with van der Waals surface area (Å²) in [5.41, 5.74) is 4.39. The summed E-state index contributed by atoms with van der Waals surface area (Å²) in [5.74, 6) is 0.740. The standard InChI is InChI=1S/C16H20F2N4OS/c1-10-4-5-13(23-15(17)18)12(6-10)7-20-16(19-3)21-8-14-11(2)22-9-24-14/h4-6,9,15H,7-8H2,1-3H3,(H2,19,20,21). The summed E-state index contributed by atoms with van der Waals surface area (Å²) in [6.07, 6.45) is 0. The lowest BCUT2D eigenvalue weighted by Gasteiger charge is -2.15. The zero-order valence-electron chi connectivity index (χ0n) is 13.8. The lowest BCUT2D eigenvalue weighted by molar-refractivity contribution is -0.0504. The van der Waals surface area contributed by atoms with Crippen molar-refractivity contribution in [2.75, 3.05) is 7.05 Å². The van der Waals surface area contributed by atoms with E-state index in [1.807, 2.05) is 19.9 Å². The maximum absolute atomic E-state index is 12.5. The van der Waals surface area contributed by atoms with Crippen LogP contribution in [0.25, 0.3) is 0 Å². The second-order valence-electron chi connectivity index (χ2n) is 5.13. The molecule has 0 spiro atoms. The van der Waals surface area contributed by atoms with Crippen molar-refractivity contribution in [1.29, 1.82) is 0 Å². The molecule has 1 heterocycles. The smallest absolute Gasteiger partial charge is 0.387 e. The second kappa shape index (κ2) is 8.58. The minimum atomic E-state index is -2.85. The predicted octanol–water partition coefficient (Wildman–Crippen LogP) is 3.23. The number of hydrogen-bond acceptors (Lipinski definition) is 4. The summed E-state index contributed by atoms with van der Waals surface area (Å²) in [7, 11) is 1.65. The number of nitrogens with zero attached hydrogens (tertiary/aromatic N) is 2. The van der Waals surface area contributed by atoms with Gasteiger partial charge in [-0.2, -0.15) is 8.78 Å². The van der Waals surface area contributed by atoms with Gasteiger partial charge in [-0.3, -0.25) is 4.99 Å². The maximum Gasteiger partial charge on any atom is 0.387 e. The highest BCUT2D eigenvalue weighted by molar-refractivity contribution is 7.09. The molecule has 24 heavy (non-hydrogen) atoms. The van der Waals surface area contributed by atoms with Crippen LogP contribution >= 0.6 is 11.3 Å². The van der Waals surface area contributed by atoms with Gasteiger partial charge >= 0.3 is 6.61 Å². The number of guanidine groups is 1. The fourth-order valence-corrected chi connectivity index (χ4v) is 2.83. The molecule has 1 aromatic carbocycles. The van der Waals surface area contributed by atoms with E-state index < -0.39 is 6.61 Å². The van der Waals surface area contributed by atoms with E-state index in [0.717, 1.165) is 16.1 Å². The molecule has 0 aliphatic rings. The number of rotatable bonds is 6. The molecule has 0 atom stereocenters. The van der Waals surface area contributed by atoms with E-state index in [4.69, 9.17) is 0 Å². The van der Waals surface area contributed by atoms with Gasteiger partial charge in [-0.25, -0.2) is 4.98 Å². The van der Waals surface area contributed by atoms with Crippen LogP contribution in [0.3, 0.4) is 0 Å². The molecule has 130 valence electrons. The Morgan fingerprint density at radius 3 is 2.67 bits per heavy atom. The number of halogens is 2. The summed E-state index contributed by atoms with van der Waals surface area (Å²) in [5, 5.41) is 6.28. The van der Waals surface area contributed by atoms with E-state index in [1.165, 1.54) is 0 Å². The number of hydrogen-bond donors (Lipinski definition) is 2. The minimum Gasteiger partial charge on any atom is -0.434 e. The maximum atomic E-state index is 12.5. The third-order valence-electron chi connectivity index (χ3n) is 3.36. The van der Waals surface area contributed by atoms with E-state index >= 15 is 0 Å². The summed E-state index contributed by atoms with van der Waals surface area (Å²) in [4.78, 5) is 9.45. The number of aromatic nitrogens is 1. The van der Waals surface area contributed by atoms with Gasteiger partial charge in [0.1, 0.15) is 5.75 Å². The zero-order valence-corrected chi connectivity index (χ0v) is 14.6. The molecule has 1 aromatic heterocycles. The fraction of sp³-hybridized carbons (Fsp3) is 0.375. The van der Waals surface area contributed by atoms with Crippen LogP contribution in [0, 0.1) is 13.8 Å². The normalized spacial score (nSPS) is 11.7. The van der Waals surface area contributed by atoms with Crippen molar-refractivity contribution in [3.05, 3.63) is 45.4 Å². The van der Waals surface area contributed by atoms with Crippen LogP contribution in [0.15, 0.2) is 28.7 Å². The molecule has 0 aliphatic heterocycles. The fourth-order valence-electron chi connectivity index (χ4n) is 2.12. The van der Waals surface area contributed by atoms with Crippen LogP contribution in [0.4, 0.5) is 8.78 Å². The van der Waals surface area contributed by atoms with Gasteiger partial charge in [-0.1, -0.05) is 17.7 Å². The van der Waals surface area contributed by atoms with E-state index in [1.54, 1.807) is 36.0 Å². The van der Waals surface area contributed by atoms with E-state index in [-0.39, 0.29) is 5.75 Å². The molecule has 0 fully saturated rings. The summed E-state index contributed by atoms with van der Waals surface area (Å²) in [6.45, 7) is 1.92. The number of ether oxygens (including phenoxy) is 1. The summed E-state index contributed by atoms with van der Waals surface area (Å²) < 4.78 is 29.6. The molecule has 2 rings (SSSR count). The molecule has 0 radical (unpaired) electrons. The van der Waals surface area contributed by atoms with Crippen molar-refractivity contribution in [1.82, 2.24) is 15.6 Å². The number of alkyl halides is 2. The van der Waals surface area contributed by atoms with Gasteiger partial charge in [0, 0.05) is 24.0 Å². The Labute approximate surface area is 143 Å². The molecular formula is C16H20F2N4OS. The van der Waals surface area contributed by atoms with Gasteiger partial charge in [-0.15, -0.1) is 11.3 Å². The average Bonchev–Trinajstić information content (AvgIpc) is 2.94. The van der Waals surface area contributed by atoms with Crippen molar-refractivity contribution in [2.24, 2.45) is 4.99 Å². The molecule has 0 aliphatic carbocycles. The molecule has 0 unspecified atom stereocenters. The Hall–Kier alpha value is -2.22. The predicted molar refractivity (Wildman–Crippen MR) is 91.7 cm³/mol. The van der Waals surface area contributed by atoms with Gasteiger partial charge < -0.3 is 15.4 Å². The van der Waals surface area contributed by atoms with Crippen LogP contribution in [0.1, 0.15) is 21.7 Å². The van der Waals surface area contributed by atoms with Gasteiger partial charge in [0.2, 0.25) is 0 Å². The Balaban J connectivity index is 1.97. The summed E-state index contributed by atoms with van der Waals surface area (Å²) >= 11 is 1.57. The monoisotopic (exact) mass is 354 g/mol.